The van der Waals surface area contributed by atoms with Crippen molar-refractivity contribution in [1.29, 1.82) is 0 Å². The van der Waals surface area contributed by atoms with E-state index in [4.69, 9.17) is 29.5 Å². The number of hydrogen-bond acceptors (Lipinski definition) is 10. The van der Waals surface area contributed by atoms with Gasteiger partial charge in [-0.3, -0.25) is 4.79 Å². The third-order valence-electron chi connectivity index (χ3n) is 7.36. The largest absolute Gasteiger partial charge is 0.481 e. The summed E-state index contributed by atoms with van der Waals surface area (Å²) in [6.45, 7) is 7.46. The zero-order valence-electron chi connectivity index (χ0n) is 24.5. The van der Waals surface area contributed by atoms with Gasteiger partial charge in [0.25, 0.3) is 0 Å². The van der Waals surface area contributed by atoms with Gasteiger partial charge in [0.05, 0.1) is 56.4 Å². The number of esters is 1. The molecule has 2 saturated heterocycles. The summed E-state index contributed by atoms with van der Waals surface area (Å²) in [4.78, 5) is 22.5. The van der Waals surface area contributed by atoms with E-state index in [1.807, 2.05) is 6.92 Å². The fourth-order valence-corrected chi connectivity index (χ4v) is 4.59. The maximum absolute atomic E-state index is 12.1. The average molecular weight is 577 g/mol. The number of unbranched alkanes of at least 4 members (excludes halogenated alkanes) is 5. The molecular formula is C29H52O11. The van der Waals surface area contributed by atoms with Gasteiger partial charge in [-0.25, -0.2) is 4.79 Å². The second kappa shape index (κ2) is 19.5. The second-order valence-electron chi connectivity index (χ2n) is 11.2. The molecule has 0 saturated carbocycles. The van der Waals surface area contributed by atoms with Crippen molar-refractivity contribution in [1.82, 2.24) is 0 Å². The van der Waals surface area contributed by atoms with E-state index in [9.17, 15) is 24.9 Å². The van der Waals surface area contributed by atoms with Crippen molar-refractivity contribution in [3.8, 4) is 0 Å². The molecule has 6 N–H and O–H groups in total. The first-order chi connectivity index (χ1) is 18.9. The molecule has 2 aliphatic rings. The molecule has 40 heavy (non-hydrogen) atoms. The highest BCUT2D eigenvalue weighted by atomic mass is 16.6. The van der Waals surface area contributed by atoms with Crippen LogP contribution in [0.2, 0.25) is 0 Å². The number of aliphatic hydroxyl groups excluding tert-OH is 5. The van der Waals surface area contributed by atoms with Gasteiger partial charge < -0.3 is 44.8 Å². The highest BCUT2D eigenvalue weighted by Gasteiger charge is 2.48. The lowest BCUT2D eigenvalue weighted by Gasteiger charge is -2.38. The molecule has 0 aromatic heterocycles. The van der Waals surface area contributed by atoms with Crippen molar-refractivity contribution < 1.29 is 54.4 Å². The minimum absolute atomic E-state index is 0.0160. The van der Waals surface area contributed by atoms with Crippen LogP contribution in [0.3, 0.4) is 0 Å². The topological polar surface area (TPSA) is 187 Å². The minimum Gasteiger partial charge on any atom is -0.481 e. The van der Waals surface area contributed by atoms with Crippen LogP contribution in [0.1, 0.15) is 85.5 Å². The first kappa shape index (κ1) is 36.4. The molecule has 0 amide bonds. The Morgan fingerprint density at radius 3 is 2.15 bits per heavy atom. The maximum atomic E-state index is 12.1. The molecule has 1 unspecified atom stereocenters. The Morgan fingerprint density at radius 1 is 0.975 bits per heavy atom. The summed E-state index contributed by atoms with van der Waals surface area (Å²) in [5, 5.41) is 55.5. The van der Waals surface area contributed by atoms with E-state index in [0.717, 1.165) is 32.1 Å². The molecule has 0 aromatic carbocycles. The van der Waals surface area contributed by atoms with Crippen molar-refractivity contribution in [3.05, 3.63) is 11.6 Å². The van der Waals surface area contributed by atoms with E-state index in [2.05, 4.69) is 0 Å². The molecule has 0 spiro atoms. The highest BCUT2D eigenvalue weighted by Crippen LogP contribution is 2.38. The molecule has 0 radical (unpaired) electrons. The molecule has 9 atom stereocenters. The van der Waals surface area contributed by atoms with Crippen molar-refractivity contribution in [3.63, 3.8) is 0 Å². The standard InChI is InChI=1S/C26H44O9.C3H8O2/c1-16(13-23(30)33-11-9-7-5-4-6-8-10-22(28)29)12-20-25(32)24(31)19(15-34-20)14-21-26(35-21)17(2)18(3)27;1-3(5)2-4/h13,17-21,24-27,31-32H,4-12,14-15H2,1-3H3,(H,28,29);3-5H,2H2,1H3/b16-13+;/t17-,18-,19-,20-,21-,24+,25-,26-;/m0./s1. The summed E-state index contributed by atoms with van der Waals surface area (Å²) >= 11 is 0. The van der Waals surface area contributed by atoms with Crippen molar-refractivity contribution in [2.75, 3.05) is 19.8 Å². The van der Waals surface area contributed by atoms with Crippen LogP contribution in [-0.4, -0.2) is 105 Å². The number of aliphatic hydroxyl groups is 5. The fourth-order valence-electron chi connectivity index (χ4n) is 4.59. The molecule has 11 nitrogen and oxygen atoms in total. The van der Waals surface area contributed by atoms with Crippen molar-refractivity contribution in [2.24, 2.45) is 11.8 Å². The SMILES string of the molecule is C/C(=C\C(=O)OCCCCCCCCC(=O)O)C[C@@H]1OC[C@H](C[C@@H]2O[C@H]2[C@@H](C)[C@H](C)O)[C@@H](O)[C@H]1O.CC(O)CO. The molecule has 234 valence electrons. The number of carboxylic acid groups (broad SMARTS) is 1. The zero-order valence-corrected chi connectivity index (χ0v) is 24.5. The van der Waals surface area contributed by atoms with Gasteiger partial charge in [0.2, 0.25) is 0 Å². The Bertz CT molecular complexity index is 754. The smallest absolute Gasteiger partial charge is 0.330 e. The third kappa shape index (κ3) is 14.9. The van der Waals surface area contributed by atoms with Gasteiger partial charge in [0, 0.05) is 24.3 Å². The zero-order chi connectivity index (χ0) is 30.2. The summed E-state index contributed by atoms with van der Waals surface area (Å²) in [6.07, 6.45) is 4.05. The maximum Gasteiger partial charge on any atom is 0.330 e. The van der Waals surface area contributed by atoms with Gasteiger partial charge in [-0.1, -0.05) is 38.2 Å². The average Bonchev–Trinajstić information content (AvgIpc) is 3.66. The monoisotopic (exact) mass is 576 g/mol. The lowest BCUT2D eigenvalue weighted by molar-refractivity contribution is -0.165. The van der Waals surface area contributed by atoms with Gasteiger partial charge in [0.15, 0.2) is 0 Å². The quantitative estimate of drug-likeness (QED) is 0.0643. The van der Waals surface area contributed by atoms with Crippen molar-refractivity contribution >= 4 is 11.9 Å². The van der Waals surface area contributed by atoms with Crippen LogP contribution < -0.4 is 0 Å². The van der Waals surface area contributed by atoms with E-state index in [-0.39, 0.29) is 37.1 Å². The molecule has 2 rings (SSSR count). The van der Waals surface area contributed by atoms with E-state index in [1.165, 1.54) is 13.0 Å². The summed E-state index contributed by atoms with van der Waals surface area (Å²) < 4.78 is 16.7. The van der Waals surface area contributed by atoms with Crippen LogP contribution >= 0.6 is 0 Å². The van der Waals surface area contributed by atoms with Gasteiger partial charge in [0.1, 0.15) is 6.10 Å². The predicted molar refractivity (Wildman–Crippen MR) is 147 cm³/mol. The third-order valence-corrected chi connectivity index (χ3v) is 7.36. The number of aliphatic carboxylic acids is 1. The number of epoxide rings is 1. The number of rotatable bonds is 17. The van der Waals surface area contributed by atoms with E-state index in [1.54, 1.807) is 13.8 Å². The Morgan fingerprint density at radius 2 is 1.57 bits per heavy atom. The van der Waals surface area contributed by atoms with Crippen LogP contribution in [0.25, 0.3) is 0 Å². The molecule has 0 bridgehead atoms. The van der Waals surface area contributed by atoms with Crippen LogP contribution in [0.4, 0.5) is 0 Å². The summed E-state index contributed by atoms with van der Waals surface area (Å²) in [6, 6.07) is 0. The Hall–Kier alpha value is -1.60. The highest BCUT2D eigenvalue weighted by molar-refractivity contribution is 5.82. The fraction of sp³-hybridized carbons (Fsp3) is 0.862. The van der Waals surface area contributed by atoms with E-state index in [0.29, 0.717) is 38.0 Å². The Labute approximate surface area is 238 Å². The number of carbonyl (C=O) groups is 2. The molecule has 11 heteroatoms. The number of carboxylic acids is 1. The van der Waals surface area contributed by atoms with Crippen LogP contribution in [0.5, 0.6) is 0 Å². The molecule has 2 aliphatic heterocycles. The number of carbonyl (C=O) groups excluding carboxylic acids is 1. The van der Waals surface area contributed by atoms with Gasteiger partial charge in [-0.15, -0.1) is 0 Å². The van der Waals surface area contributed by atoms with Gasteiger partial charge >= 0.3 is 11.9 Å². The Balaban J connectivity index is 0.00000146. The van der Waals surface area contributed by atoms with Crippen LogP contribution in [0, 0.1) is 11.8 Å². The summed E-state index contributed by atoms with van der Waals surface area (Å²) in [7, 11) is 0. The summed E-state index contributed by atoms with van der Waals surface area (Å²) in [5.41, 5.74) is 0.708. The first-order valence-corrected chi connectivity index (χ1v) is 14.5. The van der Waals surface area contributed by atoms with Gasteiger partial charge in [-0.05, 0) is 46.5 Å². The lowest BCUT2D eigenvalue weighted by Crippen LogP contribution is -2.50. The van der Waals surface area contributed by atoms with Crippen LogP contribution in [-0.2, 0) is 23.8 Å². The molecule has 2 fully saturated rings. The minimum atomic E-state index is -1.06. The Kier molecular flexibility index (Phi) is 17.8. The normalized spacial score (nSPS) is 28.6. The number of hydrogen-bond donors (Lipinski definition) is 6. The predicted octanol–water partition coefficient (Wildman–Crippen LogP) is 1.95. The van der Waals surface area contributed by atoms with E-state index < -0.39 is 42.5 Å². The molecule has 0 aromatic rings. The van der Waals surface area contributed by atoms with Gasteiger partial charge in [-0.2, -0.15) is 0 Å². The van der Waals surface area contributed by atoms with E-state index >= 15 is 0 Å². The number of ether oxygens (including phenoxy) is 3. The summed E-state index contributed by atoms with van der Waals surface area (Å²) in [5.74, 6) is -1.42. The van der Waals surface area contributed by atoms with Crippen molar-refractivity contribution in [2.45, 2.75) is 128 Å². The molecule has 2 heterocycles. The van der Waals surface area contributed by atoms with Crippen LogP contribution in [0.15, 0.2) is 11.6 Å². The first-order valence-electron chi connectivity index (χ1n) is 14.5. The molecular weight excluding hydrogens is 524 g/mol. The second-order valence-corrected chi connectivity index (χ2v) is 11.2. The molecule has 0 aliphatic carbocycles. The lowest BCUT2D eigenvalue weighted by atomic mass is 9.85.